The van der Waals surface area contributed by atoms with Crippen LogP contribution in [0.15, 0.2) is 36.4 Å². The van der Waals surface area contributed by atoms with Gasteiger partial charge in [-0.3, -0.25) is 0 Å². The molecule has 0 heterocycles. The van der Waals surface area contributed by atoms with E-state index in [0.29, 0.717) is 0 Å². The zero-order valence-corrected chi connectivity index (χ0v) is 9.41. The molecule has 0 fully saturated rings. The fraction of sp³-hybridized carbons (Fsp3) is 0.231. The van der Waals surface area contributed by atoms with Gasteiger partial charge in [-0.25, -0.2) is 0 Å². The maximum Gasteiger partial charge on any atom is 0.0441 e. The number of anilines is 2. The summed E-state index contributed by atoms with van der Waals surface area (Å²) in [6.45, 7) is 0. The highest BCUT2D eigenvalue weighted by Crippen LogP contribution is 2.30. The molecule has 0 aliphatic heterocycles. The fourth-order valence-corrected chi connectivity index (χ4v) is 1.90. The first-order valence-corrected chi connectivity index (χ1v) is 5.11. The Morgan fingerprint density at radius 3 is 2.27 bits per heavy atom. The molecule has 2 aromatic rings. The van der Waals surface area contributed by atoms with Crippen LogP contribution in [0.2, 0.25) is 0 Å². The van der Waals surface area contributed by atoms with Crippen LogP contribution in [0, 0.1) is 0 Å². The van der Waals surface area contributed by atoms with E-state index < -0.39 is 0 Å². The predicted molar refractivity (Wildman–Crippen MR) is 67.8 cm³/mol. The number of benzene rings is 2. The molecular weight excluding hydrogens is 184 g/mol. The smallest absolute Gasteiger partial charge is 0.0441 e. The summed E-state index contributed by atoms with van der Waals surface area (Å²) < 4.78 is 0. The van der Waals surface area contributed by atoms with Crippen molar-refractivity contribution >= 4 is 22.1 Å². The number of nitrogens with one attached hydrogen (secondary N) is 1. The van der Waals surface area contributed by atoms with Crippen molar-refractivity contribution in [3.05, 3.63) is 36.4 Å². The molecule has 0 atom stereocenters. The molecule has 0 spiro atoms. The van der Waals surface area contributed by atoms with E-state index in [0.717, 1.165) is 0 Å². The molecule has 0 amide bonds. The summed E-state index contributed by atoms with van der Waals surface area (Å²) in [5, 5.41) is 5.77. The second-order valence-electron chi connectivity index (χ2n) is 3.82. The lowest BCUT2D eigenvalue weighted by atomic mass is 10.1. The average Bonchev–Trinajstić information content (AvgIpc) is 2.27. The monoisotopic (exact) mass is 200 g/mol. The van der Waals surface area contributed by atoms with Gasteiger partial charge in [0.1, 0.15) is 0 Å². The Bertz CT molecular complexity index is 475. The highest BCUT2D eigenvalue weighted by atomic mass is 15.1. The molecule has 78 valence electrons. The van der Waals surface area contributed by atoms with Crippen molar-refractivity contribution < 1.29 is 0 Å². The van der Waals surface area contributed by atoms with E-state index in [2.05, 4.69) is 60.7 Å². The van der Waals surface area contributed by atoms with E-state index in [-0.39, 0.29) is 0 Å². The van der Waals surface area contributed by atoms with E-state index in [4.69, 9.17) is 0 Å². The first kappa shape index (κ1) is 9.84. The molecule has 0 aliphatic rings. The van der Waals surface area contributed by atoms with Gasteiger partial charge < -0.3 is 10.2 Å². The summed E-state index contributed by atoms with van der Waals surface area (Å²) in [7, 11) is 6.10. The summed E-state index contributed by atoms with van der Waals surface area (Å²) >= 11 is 0. The Morgan fingerprint density at radius 1 is 0.933 bits per heavy atom. The summed E-state index contributed by atoms with van der Waals surface area (Å²) in [6, 6.07) is 12.7. The molecule has 0 saturated heterocycles. The Morgan fingerprint density at radius 2 is 1.60 bits per heavy atom. The Hall–Kier alpha value is -1.70. The zero-order valence-electron chi connectivity index (χ0n) is 9.41. The molecule has 0 radical (unpaired) electrons. The molecular formula is C13H16N2. The summed E-state index contributed by atoms with van der Waals surface area (Å²) in [5.41, 5.74) is 2.43. The van der Waals surface area contributed by atoms with Crippen molar-refractivity contribution in [1.29, 1.82) is 0 Å². The van der Waals surface area contributed by atoms with Crippen LogP contribution in [-0.4, -0.2) is 21.1 Å². The van der Waals surface area contributed by atoms with Crippen molar-refractivity contribution in [3.8, 4) is 0 Å². The second-order valence-corrected chi connectivity index (χ2v) is 3.82. The van der Waals surface area contributed by atoms with Gasteiger partial charge in [0.05, 0.1) is 0 Å². The minimum Gasteiger partial charge on any atom is -0.388 e. The number of rotatable bonds is 2. The molecule has 15 heavy (non-hydrogen) atoms. The molecule has 2 rings (SSSR count). The molecule has 0 bridgehead atoms. The number of hydrogen-bond donors (Lipinski definition) is 1. The van der Waals surface area contributed by atoms with Gasteiger partial charge in [-0.15, -0.1) is 0 Å². The third-order valence-electron chi connectivity index (χ3n) is 2.65. The SMILES string of the molecule is CNc1cccc2c(N(C)C)cccc12. The summed E-state index contributed by atoms with van der Waals surface area (Å²) in [4.78, 5) is 2.14. The standard InChI is InChI=1S/C13H16N2/c1-14-12-8-4-7-11-10(12)6-5-9-13(11)15(2)3/h4-9,14H,1-3H3. The van der Waals surface area contributed by atoms with Crippen molar-refractivity contribution in [3.63, 3.8) is 0 Å². The van der Waals surface area contributed by atoms with Crippen LogP contribution in [0.1, 0.15) is 0 Å². The van der Waals surface area contributed by atoms with Crippen molar-refractivity contribution in [2.24, 2.45) is 0 Å². The number of fused-ring (bicyclic) bond motifs is 1. The van der Waals surface area contributed by atoms with Gasteiger partial charge in [0.15, 0.2) is 0 Å². The maximum absolute atomic E-state index is 3.22. The summed E-state index contributed by atoms with van der Waals surface area (Å²) in [6.07, 6.45) is 0. The molecule has 2 nitrogen and oxygen atoms in total. The quantitative estimate of drug-likeness (QED) is 0.801. The van der Waals surface area contributed by atoms with E-state index in [1.165, 1.54) is 22.1 Å². The van der Waals surface area contributed by atoms with E-state index in [1.807, 2.05) is 7.05 Å². The lowest BCUT2D eigenvalue weighted by Crippen LogP contribution is -2.09. The molecule has 2 heteroatoms. The minimum atomic E-state index is 1.18. The van der Waals surface area contributed by atoms with Crippen LogP contribution < -0.4 is 10.2 Å². The number of nitrogens with zero attached hydrogens (tertiary/aromatic N) is 1. The largest absolute Gasteiger partial charge is 0.388 e. The van der Waals surface area contributed by atoms with Gasteiger partial charge in [0.2, 0.25) is 0 Å². The third-order valence-corrected chi connectivity index (χ3v) is 2.65. The Kier molecular flexibility index (Phi) is 2.50. The third kappa shape index (κ3) is 1.63. The average molecular weight is 200 g/mol. The fourth-order valence-electron chi connectivity index (χ4n) is 1.90. The van der Waals surface area contributed by atoms with Crippen LogP contribution in [0.3, 0.4) is 0 Å². The molecule has 2 aromatic carbocycles. The van der Waals surface area contributed by atoms with Crippen molar-refractivity contribution in [1.82, 2.24) is 0 Å². The van der Waals surface area contributed by atoms with E-state index in [1.54, 1.807) is 0 Å². The van der Waals surface area contributed by atoms with Gasteiger partial charge in [0, 0.05) is 43.3 Å². The van der Waals surface area contributed by atoms with Gasteiger partial charge >= 0.3 is 0 Å². The van der Waals surface area contributed by atoms with Crippen LogP contribution >= 0.6 is 0 Å². The van der Waals surface area contributed by atoms with Gasteiger partial charge in [-0.1, -0.05) is 24.3 Å². The second kappa shape index (κ2) is 3.81. The zero-order chi connectivity index (χ0) is 10.8. The highest BCUT2D eigenvalue weighted by Gasteiger charge is 2.04. The first-order chi connectivity index (χ1) is 7.24. The first-order valence-electron chi connectivity index (χ1n) is 5.11. The van der Waals surface area contributed by atoms with Crippen LogP contribution in [0.25, 0.3) is 10.8 Å². The highest BCUT2D eigenvalue weighted by molar-refractivity contribution is 6.01. The lowest BCUT2D eigenvalue weighted by molar-refractivity contribution is 1.14. The normalized spacial score (nSPS) is 10.3. The van der Waals surface area contributed by atoms with Gasteiger partial charge in [-0.2, -0.15) is 0 Å². The lowest BCUT2D eigenvalue weighted by Gasteiger charge is -2.16. The maximum atomic E-state index is 3.22. The topological polar surface area (TPSA) is 15.3 Å². The van der Waals surface area contributed by atoms with Gasteiger partial charge in [0.25, 0.3) is 0 Å². The predicted octanol–water partition coefficient (Wildman–Crippen LogP) is 2.95. The Labute approximate surface area is 90.5 Å². The molecule has 0 unspecified atom stereocenters. The van der Waals surface area contributed by atoms with E-state index in [9.17, 15) is 0 Å². The van der Waals surface area contributed by atoms with Crippen molar-refractivity contribution in [2.75, 3.05) is 31.4 Å². The van der Waals surface area contributed by atoms with E-state index >= 15 is 0 Å². The van der Waals surface area contributed by atoms with Crippen molar-refractivity contribution in [2.45, 2.75) is 0 Å². The van der Waals surface area contributed by atoms with Crippen LogP contribution in [-0.2, 0) is 0 Å². The molecule has 0 saturated carbocycles. The molecule has 0 aromatic heterocycles. The Balaban J connectivity index is 2.76. The molecule has 1 N–H and O–H groups in total. The molecule has 0 aliphatic carbocycles. The minimum absolute atomic E-state index is 1.18. The van der Waals surface area contributed by atoms with Gasteiger partial charge in [-0.05, 0) is 12.1 Å². The van der Waals surface area contributed by atoms with Crippen LogP contribution in [0.5, 0.6) is 0 Å². The van der Waals surface area contributed by atoms with Crippen LogP contribution in [0.4, 0.5) is 11.4 Å². The summed E-state index contributed by atoms with van der Waals surface area (Å²) in [5.74, 6) is 0. The number of hydrogen-bond acceptors (Lipinski definition) is 2.